The number of aromatic nitrogens is 2. The van der Waals surface area contributed by atoms with Gasteiger partial charge in [0.2, 0.25) is 0 Å². The van der Waals surface area contributed by atoms with Gasteiger partial charge in [-0.3, -0.25) is 24.5 Å². The van der Waals surface area contributed by atoms with E-state index in [-0.39, 0.29) is 24.7 Å². The van der Waals surface area contributed by atoms with Crippen LogP contribution in [-0.2, 0) is 14.3 Å². The number of nitrogens with one attached hydrogen (secondary N) is 2. The van der Waals surface area contributed by atoms with E-state index in [1.54, 1.807) is 29.5 Å². The van der Waals surface area contributed by atoms with Crippen molar-refractivity contribution in [2.75, 3.05) is 29.7 Å². The van der Waals surface area contributed by atoms with Gasteiger partial charge in [-0.05, 0) is 37.2 Å². The zero-order valence-electron chi connectivity index (χ0n) is 20.2. The van der Waals surface area contributed by atoms with E-state index in [1.165, 1.54) is 0 Å². The van der Waals surface area contributed by atoms with Gasteiger partial charge in [-0.1, -0.05) is 36.4 Å². The third-order valence-corrected chi connectivity index (χ3v) is 6.39. The molecule has 190 valence electrons. The lowest BCUT2D eigenvalue weighted by atomic mass is 10.1. The minimum absolute atomic E-state index is 0.00436. The van der Waals surface area contributed by atoms with E-state index in [4.69, 9.17) is 4.74 Å². The van der Waals surface area contributed by atoms with Crippen LogP contribution in [0.5, 0.6) is 0 Å². The average Bonchev–Trinajstić information content (AvgIpc) is 3.72. The number of hydrazine groups is 1. The molecule has 10 heteroatoms. The molecule has 1 saturated heterocycles. The van der Waals surface area contributed by atoms with Crippen LogP contribution in [-0.4, -0.2) is 52.8 Å². The van der Waals surface area contributed by atoms with Gasteiger partial charge in [-0.25, -0.2) is 5.01 Å². The molecule has 1 atom stereocenters. The molecule has 0 unspecified atom stereocenters. The summed E-state index contributed by atoms with van der Waals surface area (Å²) in [7, 11) is 0. The normalized spacial score (nSPS) is 17.0. The van der Waals surface area contributed by atoms with Gasteiger partial charge in [0.15, 0.2) is 0 Å². The molecule has 5 rings (SSSR count). The van der Waals surface area contributed by atoms with E-state index in [9.17, 15) is 14.4 Å². The second-order valence-corrected chi connectivity index (χ2v) is 8.89. The summed E-state index contributed by atoms with van der Waals surface area (Å²) in [6.45, 7) is 1.60. The van der Waals surface area contributed by atoms with Crippen LogP contribution in [0.3, 0.4) is 0 Å². The van der Waals surface area contributed by atoms with E-state index in [0.717, 1.165) is 17.9 Å². The fourth-order valence-corrected chi connectivity index (χ4v) is 4.45. The average molecular weight is 501 g/mol. The van der Waals surface area contributed by atoms with Crippen LogP contribution in [0.4, 0.5) is 11.4 Å². The lowest BCUT2D eigenvalue weighted by Gasteiger charge is -2.34. The first-order valence-corrected chi connectivity index (χ1v) is 12.2. The quantitative estimate of drug-likeness (QED) is 0.359. The van der Waals surface area contributed by atoms with Crippen molar-refractivity contribution in [2.45, 2.75) is 19.3 Å². The van der Waals surface area contributed by atoms with E-state index in [0.29, 0.717) is 30.9 Å². The van der Waals surface area contributed by atoms with Gasteiger partial charge in [0.1, 0.15) is 12.4 Å². The van der Waals surface area contributed by atoms with E-state index >= 15 is 0 Å². The number of ether oxygens (including phenoxy) is 1. The van der Waals surface area contributed by atoms with Crippen LogP contribution < -0.4 is 15.2 Å². The first kappa shape index (κ1) is 24.3. The van der Waals surface area contributed by atoms with Gasteiger partial charge in [0.25, 0.3) is 5.91 Å². The zero-order valence-corrected chi connectivity index (χ0v) is 20.2. The fourth-order valence-electron chi connectivity index (χ4n) is 4.45. The number of carbonyl (C=O) groups excluding carboxylic acids is 3. The molecule has 37 heavy (non-hydrogen) atoms. The third kappa shape index (κ3) is 5.54. The molecule has 1 aromatic heterocycles. The Morgan fingerprint density at radius 1 is 1.05 bits per heavy atom. The molecule has 0 spiro atoms. The number of carbonyl (C=O) groups is 3. The SMILES string of the molecule is O=C(CCC1=CN(c2ccccc2)CN1N(C(=O)c1ccccc1)c1cn[nH]c1)OC(=O)[C@@H]1CCNC1. The van der Waals surface area contributed by atoms with Gasteiger partial charge < -0.3 is 15.0 Å². The molecule has 10 nitrogen and oxygen atoms in total. The number of anilines is 2. The molecule has 0 aliphatic carbocycles. The van der Waals surface area contributed by atoms with Crippen molar-refractivity contribution in [3.8, 4) is 0 Å². The Labute approximate surface area is 214 Å². The number of benzene rings is 2. The molecule has 1 amide bonds. The maximum Gasteiger partial charge on any atom is 0.317 e. The standard InChI is InChI=1S/C27H28N6O4/c34-25(37-27(36)21-13-14-28-15-21)12-11-23-18-31(22-9-5-2-6-10-22)19-32(23)33(24-16-29-30-17-24)26(35)20-7-3-1-4-8-20/h1-10,16-18,21,28H,11-15,19H2,(H,29,30)/t21-/m1/s1. The van der Waals surface area contributed by atoms with Crippen molar-refractivity contribution in [2.24, 2.45) is 5.92 Å². The molecular weight excluding hydrogens is 472 g/mol. The monoisotopic (exact) mass is 500 g/mol. The predicted octanol–water partition coefficient (Wildman–Crippen LogP) is 3.05. The van der Waals surface area contributed by atoms with Crippen molar-refractivity contribution in [1.82, 2.24) is 20.5 Å². The Hall–Kier alpha value is -4.44. The minimum Gasteiger partial charge on any atom is -0.393 e. The summed E-state index contributed by atoms with van der Waals surface area (Å²) in [6, 6.07) is 18.7. The van der Waals surface area contributed by atoms with Crippen LogP contribution in [0, 0.1) is 5.92 Å². The number of H-pyrrole nitrogens is 1. The first-order valence-electron chi connectivity index (χ1n) is 12.2. The number of nitrogens with zero attached hydrogens (tertiary/aromatic N) is 4. The number of amides is 1. The lowest BCUT2D eigenvalue weighted by molar-refractivity contribution is -0.162. The second-order valence-electron chi connectivity index (χ2n) is 8.89. The van der Waals surface area contributed by atoms with E-state index in [1.807, 2.05) is 64.6 Å². The summed E-state index contributed by atoms with van der Waals surface area (Å²) in [4.78, 5) is 40.5. The maximum atomic E-state index is 13.7. The Morgan fingerprint density at radius 3 is 2.49 bits per heavy atom. The molecule has 1 fully saturated rings. The summed E-state index contributed by atoms with van der Waals surface area (Å²) >= 11 is 0. The van der Waals surface area contributed by atoms with E-state index in [2.05, 4.69) is 15.5 Å². The summed E-state index contributed by atoms with van der Waals surface area (Å²) in [6.07, 6.45) is 6.07. The molecule has 2 aromatic carbocycles. The topological polar surface area (TPSA) is 111 Å². The predicted molar refractivity (Wildman–Crippen MR) is 137 cm³/mol. The molecular formula is C27H28N6O4. The van der Waals surface area contributed by atoms with Gasteiger partial charge in [0, 0.05) is 36.6 Å². The van der Waals surface area contributed by atoms with Crippen LogP contribution in [0.2, 0.25) is 0 Å². The number of hydrogen-bond donors (Lipinski definition) is 2. The highest BCUT2D eigenvalue weighted by Crippen LogP contribution is 2.31. The van der Waals surface area contributed by atoms with Crippen molar-refractivity contribution >= 4 is 29.2 Å². The number of para-hydroxylation sites is 1. The molecule has 0 radical (unpaired) electrons. The summed E-state index contributed by atoms with van der Waals surface area (Å²) in [5.74, 6) is -1.60. The number of allylic oxidation sites excluding steroid dienone is 1. The smallest absolute Gasteiger partial charge is 0.317 e. The van der Waals surface area contributed by atoms with Gasteiger partial charge in [0.05, 0.1) is 24.2 Å². The Morgan fingerprint density at radius 2 is 1.81 bits per heavy atom. The van der Waals surface area contributed by atoms with Crippen molar-refractivity contribution in [3.63, 3.8) is 0 Å². The number of rotatable bonds is 8. The number of esters is 2. The number of aromatic amines is 1. The van der Waals surface area contributed by atoms with Crippen molar-refractivity contribution < 1.29 is 19.1 Å². The van der Waals surface area contributed by atoms with E-state index < -0.39 is 11.9 Å². The number of hydrogen-bond acceptors (Lipinski definition) is 8. The summed E-state index contributed by atoms with van der Waals surface area (Å²) < 4.78 is 5.12. The molecule has 2 aliphatic rings. The summed E-state index contributed by atoms with van der Waals surface area (Å²) in [5, 5.41) is 13.3. The Kier molecular flexibility index (Phi) is 7.27. The second kappa shape index (κ2) is 11.1. The Balaban J connectivity index is 1.39. The summed E-state index contributed by atoms with van der Waals surface area (Å²) in [5.41, 5.74) is 2.73. The van der Waals surface area contributed by atoms with Gasteiger partial charge >= 0.3 is 11.9 Å². The fraction of sp³-hybridized carbons (Fsp3) is 0.259. The van der Waals surface area contributed by atoms with Crippen LogP contribution in [0.1, 0.15) is 29.6 Å². The van der Waals surface area contributed by atoms with Crippen LogP contribution >= 0.6 is 0 Å². The van der Waals surface area contributed by atoms with Crippen molar-refractivity contribution in [3.05, 3.63) is 90.5 Å². The lowest BCUT2D eigenvalue weighted by Crippen LogP contribution is -2.47. The molecule has 0 bridgehead atoms. The Bertz CT molecular complexity index is 1260. The molecule has 2 aliphatic heterocycles. The molecule has 2 N–H and O–H groups in total. The maximum absolute atomic E-state index is 13.7. The van der Waals surface area contributed by atoms with Crippen molar-refractivity contribution in [1.29, 1.82) is 0 Å². The highest BCUT2D eigenvalue weighted by molar-refractivity contribution is 6.05. The van der Waals surface area contributed by atoms with Crippen LogP contribution in [0.25, 0.3) is 0 Å². The van der Waals surface area contributed by atoms with Gasteiger partial charge in [-0.15, -0.1) is 0 Å². The third-order valence-electron chi connectivity index (χ3n) is 6.39. The highest BCUT2D eigenvalue weighted by atomic mass is 16.6. The zero-order chi connectivity index (χ0) is 25.6. The molecule has 3 aromatic rings. The van der Waals surface area contributed by atoms with Crippen LogP contribution in [0.15, 0.2) is 85.0 Å². The first-order chi connectivity index (χ1) is 18.1. The molecule has 3 heterocycles. The molecule has 0 saturated carbocycles. The largest absolute Gasteiger partial charge is 0.393 e. The van der Waals surface area contributed by atoms with Gasteiger partial charge in [-0.2, -0.15) is 5.10 Å². The highest BCUT2D eigenvalue weighted by Gasteiger charge is 2.33. The minimum atomic E-state index is -0.583.